The first-order chi connectivity index (χ1) is 20.4. The quantitative estimate of drug-likeness (QED) is 0.189. The molecule has 0 aliphatic carbocycles. The van der Waals surface area contributed by atoms with Gasteiger partial charge in [-0.05, 0) is 37.2 Å². The number of para-hydroxylation sites is 1. The molecule has 0 radical (unpaired) electrons. The Balaban J connectivity index is 0.000000272. The smallest absolute Gasteiger partial charge is 0.267 e. The maximum Gasteiger partial charge on any atom is 0.267 e. The summed E-state index contributed by atoms with van der Waals surface area (Å²) in [5.74, 6) is 7.48. The van der Waals surface area contributed by atoms with Gasteiger partial charge in [-0.1, -0.05) is 49.8 Å². The lowest BCUT2D eigenvalue weighted by atomic mass is 10.1. The van der Waals surface area contributed by atoms with Crippen LogP contribution >= 0.6 is 0 Å². The third-order valence-electron chi connectivity index (χ3n) is 5.83. The summed E-state index contributed by atoms with van der Waals surface area (Å²) in [5.41, 5.74) is 13.0. The minimum atomic E-state index is -0.103. The van der Waals surface area contributed by atoms with Gasteiger partial charge in [0.05, 0.1) is 22.9 Å². The third-order valence-corrected chi connectivity index (χ3v) is 5.83. The summed E-state index contributed by atoms with van der Waals surface area (Å²) < 4.78 is 4.96. The Bertz CT molecular complexity index is 1840. The van der Waals surface area contributed by atoms with E-state index in [9.17, 15) is 9.59 Å². The van der Waals surface area contributed by atoms with Gasteiger partial charge in [-0.3, -0.25) is 14.2 Å². The molecule has 0 fully saturated rings. The molecule has 0 aliphatic rings. The van der Waals surface area contributed by atoms with E-state index >= 15 is 0 Å². The highest BCUT2D eigenvalue weighted by Gasteiger charge is 2.14. The van der Waals surface area contributed by atoms with E-state index in [1.54, 1.807) is 17.9 Å². The fourth-order valence-corrected chi connectivity index (χ4v) is 4.01. The van der Waals surface area contributed by atoms with Gasteiger partial charge in [0.1, 0.15) is 17.1 Å². The minimum absolute atomic E-state index is 0.103. The van der Waals surface area contributed by atoms with Crippen molar-refractivity contribution in [3.05, 3.63) is 107 Å². The van der Waals surface area contributed by atoms with Crippen LogP contribution in [0.1, 0.15) is 34.4 Å². The first-order valence-electron chi connectivity index (χ1n) is 13.0. The Morgan fingerprint density at radius 1 is 1.07 bits per heavy atom. The molecule has 0 saturated heterocycles. The second-order valence-corrected chi connectivity index (χ2v) is 8.61. The molecule has 3 heterocycles. The average Bonchev–Trinajstić information content (AvgIpc) is 3.56. The average molecular weight is 564 g/mol. The number of benzene rings is 2. The normalized spacial score (nSPS) is 10.2. The molecule has 5 aromatic rings. The van der Waals surface area contributed by atoms with Crippen molar-refractivity contribution in [1.82, 2.24) is 28.9 Å². The highest BCUT2D eigenvalue weighted by Crippen LogP contribution is 2.21. The van der Waals surface area contributed by atoms with Gasteiger partial charge in [-0.15, -0.1) is 0 Å². The topological polar surface area (TPSA) is 152 Å². The molecule has 0 aliphatic heterocycles. The van der Waals surface area contributed by atoms with Crippen LogP contribution in [0.25, 0.3) is 16.6 Å². The molecule has 0 unspecified atom stereocenters. The third kappa shape index (κ3) is 6.93. The van der Waals surface area contributed by atoms with Crippen molar-refractivity contribution in [2.75, 3.05) is 12.8 Å². The number of carbonyl (C=O) groups excluding carboxylic acids is 1. The number of allylic oxidation sites excluding steroid dienone is 1. The monoisotopic (exact) mass is 563 g/mol. The van der Waals surface area contributed by atoms with E-state index in [4.69, 9.17) is 10.7 Å². The molecule has 11 nitrogen and oxygen atoms in total. The number of hydrogen-bond acceptors (Lipinski definition) is 8. The van der Waals surface area contributed by atoms with Gasteiger partial charge < -0.3 is 16.0 Å². The zero-order chi connectivity index (χ0) is 30.6. The van der Waals surface area contributed by atoms with E-state index in [2.05, 4.69) is 39.2 Å². The van der Waals surface area contributed by atoms with Gasteiger partial charge >= 0.3 is 0 Å². The summed E-state index contributed by atoms with van der Waals surface area (Å²) >= 11 is 0. The number of hydrogen-bond donors (Lipinski definition) is 2. The Morgan fingerprint density at radius 2 is 1.81 bits per heavy atom. The van der Waals surface area contributed by atoms with Crippen molar-refractivity contribution in [2.45, 2.75) is 13.3 Å². The molecule has 0 amide bonds. The van der Waals surface area contributed by atoms with Crippen LogP contribution in [-0.2, 0) is 20.5 Å². The van der Waals surface area contributed by atoms with Crippen molar-refractivity contribution in [3.63, 3.8) is 0 Å². The number of rotatable bonds is 5. The summed E-state index contributed by atoms with van der Waals surface area (Å²) in [6.45, 7) is 5.47. The number of nitrogen functional groups attached to an aromatic ring is 1. The predicted molar refractivity (Wildman–Crippen MR) is 167 cm³/mol. The van der Waals surface area contributed by atoms with Crippen molar-refractivity contribution in [3.8, 4) is 17.5 Å². The number of aliphatic imine (C=N–C) groups is 1. The molecule has 4 N–H and O–H groups in total. The fraction of sp³-hybridized carbons (Fsp3) is 0.161. The van der Waals surface area contributed by atoms with Gasteiger partial charge in [0.2, 0.25) is 0 Å². The Morgan fingerprint density at radius 3 is 2.43 bits per heavy atom. The van der Waals surface area contributed by atoms with Crippen molar-refractivity contribution in [1.29, 1.82) is 0 Å². The number of anilines is 1. The molecule has 0 spiro atoms. The lowest BCUT2D eigenvalue weighted by Crippen LogP contribution is -2.24. The van der Waals surface area contributed by atoms with Crippen LogP contribution in [0, 0.1) is 11.8 Å². The Labute approximate surface area is 243 Å². The molecular weight excluding hydrogens is 530 g/mol. The number of nitrogens with zero attached hydrogens (tertiary/aromatic N) is 7. The van der Waals surface area contributed by atoms with E-state index in [1.807, 2.05) is 73.3 Å². The standard InChI is InChI=1S/C22H18N4O.C8H10N4O.CH5N/c1-3-20-24-19-11-7-8-16(12-13-17-14-25(2)15-23-17)21(19)22(27)26(20)18-9-5-4-6-10-18;1-3-4-10-8-6(5-13)7(9)11-12(8)2;1-2/h4-11,14-15H,3H2,1-2H3;3-5H,1H2,2H3,(H2,9,11);2H2,1H3/b;10-4-;. The molecule has 42 heavy (non-hydrogen) atoms. The zero-order valence-corrected chi connectivity index (χ0v) is 24.0. The van der Waals surface area contributed by atoms with Crippen LogP contribution in [0.4, 0.5) is 11.6 Å². The molecular formula is C31H33N9O2. The first-order valence-corrected chi connectivity index (χ1v) is 13.0. The molecule has 11 heteroatoms. The van der Waals surface area contributed by atoms with Crippen LogP contribution in [0.3, 0.4) is 0 Å². The molecule has 214 valence electrons. The zero-order valence-electron chi connectivity index (χ0n) is 24.0. The summed E-state index contributed by atoms with van der Waals surface area (Å²) in [4.78, 5) is 36.9. The Hall–Kier alpha value is -5.60. The van der Waals surface area contributed by atoms with Gasteiger partial charge in [0, 0.05) is 38.5 Å². The van der Waals surface area contributed by atoms with Crippen LogP contribution in [0.2, 0.25) is 0 Å². The maximum absolute atomic E-state index is 13.4. The lowest BCUT2D eigenvalue weighted by molar-refractivity contribution is 0.112. The SMILES string of the molecule is C=C/C=N\c1c(C=O)c(N)nn1C.CCc1nc2cccc(C#Cc3cn(C)cn3)c2c(=O)n1-c1ccccc1.CN. The van der Waals surface area contributed by atoms with E-state index in [0.717, 1.165) is 11.5 Å². The van der Waals surface area contributed by atoms with Gasteiger partial charge in [-0.25, -0.2) is 19.6 Å². The molecule has 0 bridgehead atoms. The number of imidazole rings is 1. The highest BCUT2D eigenvalue weighted by atomic mass is 16.1. The van der Waals surface area contributed by atoms with Crippen molar-refractivity contribution >= 4 is 35.0 Å². The molecule has 0 saturated carbocycles. The van der Waals surface area contributed by atoms with E-state index in [1.165, 1.54) is 24.0 Å². The van der Waals surface area contributed by atoms with Gasteiger partial charge in [-0.2, -0.15) is 5.10 Å². The van der Waals surface area contributed by atoms with Crippen molar-refractivity contribution in [2.24, 2.45) is 24.8 Å². The van der Waals surface area contributed by atoms with Gasteiger partial charge in [0.25, 0.3) is 5.56 Å². The number of carbonyl (C=O) groups is 1. The number of fused-ring (bicyclic) bond motifs is 1. The number of aldehydes is 1. The summed E-state index contributed by atoms with van der Waals surface area (Å²) in [7, 11) is 5.06. The van der Waals surface area contributed by atoms with E-state index < -0.39 is 0 Å². The second kappa shape index (κ2) is 14.7. The lowest BCUT2D eigenvalue weighted by Gasteiger charge is -2.13. The van der Waals surface area contributed by atoms with Crippen LogP contribution in [0.5, 0.6) is 0 Å². The first kappa shape index (κ1) is 30.9. The van der Waals surface area contributed by atoms with Crippen molar-refractivity contribution < 1.29 is 4.79 Å². The van der Waals surface area contributed by atoms with Crippen LogP contribution < -0.4 is 17.0 Å². The second-order valence-electron chi connectivity index (χ2n) is 8.61. The summed E-state index contributed by atoms with van der Waals surface area (Å²) in [6, 6.07) is 15.2. The maximum atomic E-state index is 13.4. The predicted octanol–water partition coefficient (Wildman–Crippen LogP) is 3.36. The summed E-state index contributed by atoms with van der Waals surface area (Å²) in [5, 5.41) is 4.38. The minimum Gasteiger partial charge on any atom is -0.382 e. The Kier molecular flexibility index (Phi) is 10.8. The number of aromatic nitrogens is 6. The molecule has 2 aromatic carbocycles. The van der Waals surface area contributed by atoms with Crippen LogP contribution in [0.15, 0.2) is 83.5 Å². The summed E-state index contributed by atoms with van der Waals surface area (Å²) in [6.07, 6.45) is 7.82. The number of nitrogens with two attached hydrogens (primary N) is 2. The van der Waals surface area contributed by atoms with Crippen LogP contribution in [-0.4, -0.2) is 48.4 Å². The van der Waals surface area contributed by atoms with E-state index in [-0.39, 0.29) is 11.4 Å². The fourth-order valence-electron chi connectivity index (χ4n) is 4.01. The molecule has 3 aromatic heterocycles. The largest absolute Gasteiger partial charge is 0.382 e. The molecule has 5 rings (SSSR count). The molecule has 0 atom stereocenters. The van der Waals surface area contributed by atoms with E-state index in [0.29, 0.717) is 46.2 Å². The number of aryl methyl sites for hydroxylation is 3. The van der Waals surface area contributed by atoms with Gasteiger partial charge in [0.15, 0.2) is 17.9 Å². The highest BCUT2D eigenvalue weighted by molar-refractivity contribution is 5.90.